The molecule has 0 unspecified atom stereocenters. The lowest BCUT2D eigenvalue weighted by atomic mass is 10.1. The number of carbonyl (C=O) groups is 3. The Bertz CT molecular complexity index is 1320. The zero-order chi connectivity index (χ0) is 23.5. The normalized spacial score (nSPS) is 12.8. The number of benzene rings is 3. The molecule has 33 heavy (non-hydrogen) atoms. The summed E-state index contributed by atoms with van der Waals surface area (Å²) < 4.78 is 10.7. The molecule has 4 rings (SSSR count). The lowest BCUT2D eigenvalue weighted by Crippen LogP contribution is -2.05. The number of ether oxygens (including phenoxy) is 2. The summed E-state index contributed by atoms with van der Waals surface area (Å²) in [4.78, 5) is 37.5. The first-order valence-electron chi connectivity index (χ1n) is 9.80. The zero-order valence-corrected chi connectivity index (χ0v) is 18.8. The van der Waals surface area contributed by atoms with Crippen LogP contribution < -0.4 is 9.47 Å². The van der Waals surface area contributed by atoms with Crippen LogP contribution in [0.5, 0.6) is 11.5 Å². The van der Waals surface area contributed by atoms with Crippen molar-refractivity contribution in [2.24, 2.45) is 0 Å². The number of hydrogen-bond donors (Lipinski definition) is 0. The first-order chi connectivity index (χ1) is 15.9. The van der Waals surface area contributed by atoms with Crippen LogP contribution in [0.1, 0.15) is 31.8 Å². The number of halogens is 2. The Balaban J connectivity index is 1.53. The van der Waals surface area contributed by atoms with Gasteiger partial charge in [-0.1, -0.05) is 59.6 Å². The highest BCUT2D eigenvalue weighted by Crippen LogP contribution is 2.32. The molecule has 164 valence electrons. The molecule has 0 fully saturated rings. The van der Waals surface area contributed by atoms with Gasteiger partial charge in [0.15, 0.2) is 23.1 Å². The minimum absolute atomic E-state index is 0.0748. The van der Waals surface area contributed by atoms with E-state index in [1.165, 1.54) is 31.4 Å². The van der Waals surface area contributed by atoms with Crippen LogP contribution >= 0.6 is 23.2 Å². The van der Waals surface area contributed by atoms with Gasteiger partial charge in [-0.05, 0) is 47.5 Å². The average Bonchev–Trinajstić information content (AvgIpc) is 3.04. The van der Waals surface area contributed by atoms with E-state index < -0.39 is 5.97 Å². The van der Waals surface area contributed by atoms with Crippen LogP contribution in [0.25, 0.3) is 12.2 Å². The third-order valence-corrected chi connectivity index (χ3v) is 5.54. The molecule has 0 N–H and O–H groups in total. The molecule has 0 heterocycles. The van der Waals surface area contributed by atoms with Crippen LogP contribution in [0.4, 0.5) is 0 Å². The Labute approximate surface area is 199 Å². The third kappa shape index (κ3) is 4.75. The molecule has 1 aliphatic carbocycles. The fourth-order valence-corrected chi connectivity index (χ4v) is 3.84. The van der Waals surface area contributed by atoms with Gasteiger partial charge in [-0.2, -0.15) is 0 Å². The first-order valence-corrected chi connectivity index (χ1v) is 10.6. The highest BCUT2D eigenvalue weighted by Gasteiger charge is 2.32. The second-order valence-electron chi connectivity index (χ2n) is 7.09. The smallest absolute Gasteiger partial charge is 0.336 e. The van der Waals surface area contributed by atoms with Gasteiger partial charge in [0.25, 0.3) is 0 Å². The molecule has 0 amide bonds. The van der Waals surface area contributed by atoms with Crippen LogP contribution in [-0.4, -0.2) is 24.6 Å². The van der Waals surface area contributed by atoms with Crippen molar-refractivity contribution in [1.29, 1.82) is 0 Å². The number of esters is 1. The van der Waals surface area contributed by atoms with Gasteiger partial charge in [-0.25, -0.2) is 4.79 Å². The Morgan fingerprint density at radius 1 is 0.879 bits per heavy atom. The summed E-state index contributed by atoms with van der Waals surface area (Å²) in [5, 5.41) is 0.893. The van der Waals surface area contributed by atoms with Crippen molar-refractivity contribution in [3.8, 4) is 11.5 Å². The molecule has 0 saturated heterocycles. The van der Waals surface area contributed by atoms with E-state index in [0.29, 0.717) is 32.3 Å². The molecule has 0 saturated carbocycles. The van der Waals surface area contributed by atoms with E-state index in [1.54, 1.807) is 54.6 Å². The molecule has 3 aromatic carbocycles. The Hall–Kier alpha value is -3.67. The third-order valence-electron chi connectivity index (χ3n) is 4.98. The molecule has 7 heteroatoms. The largest absolute Gasteiger partial charge is 0.493 e. The van der Waals surface area contributed by atoms with Crippen molar-refractivity contribution in [2.75, 3.05) is 7.11 Å². The van der Waals surface area contributed by atoms with Crippen molar-refractivity contribution in [2.45, 2.75) is 0 Å². The zero-order valence-electron chi connectivity index (χ0n) is 17.3. The minimum Gasteiger partial charge on any atom is -0.493 e. The van der Waals surface area contributed by atoms with Gasteiger partial charge in [-0.3, -0.25) is 9.59 Å². The summed E-state index contributed by atoms with van der Waals surface area (Å²) in [5.41, 5.74) is 2.02. The number of carbonyl (C=O) groups excluding carboxylic acids is 3. The second-order valence-corrected chi connectivity index (χ2v) is 7.94. The first kappa shape index (κ1) is 22.5. The van der Waals surface area contributed by atoms with Crippen molar-refractivity contribution in [1.82, 2.24) is 0 Å². The van der Waals surface area contributed by atoms with Crippen LogP contribution in [0.2, 0.25) is 10.0 Å². The van der Waals surface area contributed by atoms with E-state index in [4.69, 9.17) is 32.7 Å². The van der Waals surface area contributed by atoms with Gasteiger partial charge in [0, 0.05) is 27.2 Å². The molecule has 0 aliphatic heterocycles. The monoisotopic (exact) mass is 478 g/mol. The van der Waals surface area contributed by atoms with Gasteiger partial charge in [0.05, 0.1) is 12.7 Å². The molecule has 0 radical (unpaired) electrons. The van der Waals surface area contributed by atoms with E-state index in [-0.39, 0.29) is 28.6 Å². The molecule has 0 spiro atoms. The summed E-state index contributed by atoms with van der Waals surface area (Å²) in [6, 6.07) is 16.3. The Morgan fingerprint density at radius 3 is 2.21 bits per heavy atom. The lowest BCUT2D eigenvalue weighted by Gasteiger charge is -2.09. The number of methoxy groups -OCH3 is 1. The maximum atomic E-state index is 12.6. The van der Waals surface area contributed by atoms with E-state index in [1.807, 2.05) is 0 Å². The van der Waals surface area contributed by atoms with Crippen LogP contribution in [-0.2, 0) is 4.79 Å². The second kappa shape index (κ2) is 9.45. The average molecular weight is 479 g/mol. The van der Waals surface area contributed by atoms with Crippen LogP contribution in [0.3, 0.4) is 0 Å². The molecule has 1 aliphatic rings. The van der Waals surface area contributed by atoms with Gasteiger partial charge < -0.3 is 9.47 Å². The lowest BCUT2D eigenvalue weighted by molar-refractivity contribution is -0.129. The summed E-state index contributed by atoms with van der Waals surface area (Å²) in [7, 11) is 1.43. The van der Waals surface area contributed by atoms with E-state index >= 15 is 0 Å². The topological polar surface area (TPSA) is 69.7 Å². The summed E-state index contributed by atoms with van der Waals surface area (Å²) in [5.74, 6) is -0.830. The highest BCUT2D eigenvalue weighted by atomic mass is 35.5. The van der Waals surface area contributed by atoms with Crippen molar-refractivity contribution >= 4 is 52.9 Å². The fraction of sp³-hybridized carbons (Fsp3) is 0.0385. The number of hydrogen-bond acceptors (Lipinski definition) is 5. The number of fused-ring (bicyclic) bond motifs is 1. The Kier molecular flexibility index (Phi) is 6.45. The SMILES string of the molecule is COc1cc(C=C2C(=O)c3ccccc3C2=O)ccc1OC(=O)/C=C/c1ccc(Cl)cc1Cl. The van der Waals surface area contributed by atoms with Crippen molar-refractivity contribution in [3.63, 3.8) is 0 Å². The maximum absolute atomic E-state index is 12.6. The maximum Gasteiger partial charge on any atom is 0.336 e. The van der Waals surface area contributed by atoms with Gasteiger partial charge >= 0.3 is 5.97 Å². The number of Topliss-reactive ketones (excluding diaryl/α,β-unsaturated/α-hetero) is 2. The van der Waals surface area contributed by atoms with Gasteiger partial charge in [-0.15, -0.1) is 0 Å². The molecular formula is C26H16Cl2O5. The Morgan fingerprint density at radius 2 is 1.58 bits per heavy atom. The summed E-state index contributed by atoms with van der Waals surface area (Å²) in [6.45, 7) is 0. The quantitative estimate of drug-likeness (QED) is 0.192. The number of ketones is 2. The molecular weight excluding hydrogens is 463 g/mol. The predicted molar refractivity (Wildman–Crippen MR) is 127 cm³/mol. The molecule has 3 aromatic rings. The van der Waals surface area contributed by atoms with Gasteiger partial charge in [0.1, 0.15) is 0 Å². The number of rotatable bonds is 5. The minimum atomic E-state index is -0.637. The van der Waals surface area contributed by atoms with Crippen LogP contribution in [0, 0.1) is 0 Å². The van der Waals surface area contributed by atoms with E-state index in [0.717, 1.165) is 0 Å². The van der Waals surface area contributed by atoms with Crippen molar-refractivity contribution < 1.29 is 23.9 Å². The molecule has 0 atom stereocenters. The molecule has 5 nitrogen and oxygen atoms in total. The summed E-state index contributed by atoms with van der Waals surface area (Å²) >= 11 is 12.0. The van der Waals surface area contributed by atoms with E-state index in [9.17, 15) is 14.4 Å². The van der Waals surface area contributed by atoms with Gasteiger partial charge in [0.2, 0.25) is 0 Å². The molecule has 0 bridgehead atoms. The predicted octanol–water partition coefficient (Wildman–Crippen LogP) is 6.08. The highest BCUT2D eigenvalue weighted by molar-refractivity contribution is 6.41. The van der Waals surface area contributed by atoms with Crippen LogP contribution in [0.15, 0.2) is 72.3 Å². The van der Waals surface area contributed by atoms with E-state index in [2.05, 4.69) is 0 Å². The van der Waals surface area contributed by atoms with Crippen molar-refractivity contribution in [3.05, 3.63) is 105 Å². The number of allylic oxidation sites excluding steroid dienone is 1. The standard InChI is InChI=1S/C26H16Cl2O5/c1-32-23-13-15(12-20-25(30)18-4-2-3-5-19(18)26(20)31)6-10-22(23)33-24(29)11-8-16-7-9-17(27)14-21(16)28/h2-14H,1H3/b11-8+. The summed E-state index contributed by atoms with van der Waals surface area (Å²) in [6.07, 6.45) is 4.25. The fourth-order valence-electron chi connectivity index (χ4n) is 3.37. The molecule has 0 aromatic heterocycles.